The fourth-order valence-corrected chi connectivity index (χ4v) is 1.36. The van der Waals surface area contributed by atoms with Crippen LogP contribution in [-0.2, 0) is 9.59 Å². The predicted octanol–water partition coefficient (Wildman–Crippen LogP) is 1.58. The number of carbonyl (C=O) groups is 2. The molecule has 0 bridgehead atoms. The largest absolute Gasteiger partial charge is 0.484 e. The third-order valence-electron chi connectivity index (χ3n) is 2.32. The average molecular weight is 269 g/mol. The molecule has 0 radical (unpaired) electrons. The molecule has 0 aliphatic rings. The van der Waals surface area contributed by atoms with Crippen molar-refractivity contribution in [2.45, 2.75) is 19.3 Å². The predicted molar refractivity (Wildman–Crippen MR) is 66.4 cm³/mol. The summed E-state index contributed by atoms with van der Waals surface area (Å²) in [7, 11) is 0. The molecule has 2 N–H and O–H groups in total. The lowest BCUT2D eigenvalue weighted by atomic mass is 10.2. The maximum atomic E-state index is 12.6. The molecular formula is C13H16FNO4. The molecule has 0 atom stereocenters. The van der Waals surface area contributed by atoms with Crippen LogP contribution in [0.3, 0.4) is 0 Å². The van der Waals surface area contributed by atoms with Crippen LogP contribution in [0.2, 0.25) is 0 Å². The van der Waals surface area contributed by atoms with Gasteiger partial charge in [0.15, 0.2) is 6.61 Å². The summed E-state index contributed by atoms with van der Waals surface area (Å²) in [5.41, 5.74) is 0. The van der Waals surface area contributed by atoms with Gasteiger partial charge in [-0.2, -0.15) is 0 Å². The lowest BCUT2D eigenvalue weighted by molar-refractivity contribution is -0.137. The Morgan fingerprint density at radius 1 is 1.21 bits per heavy atom. The average Bonchev–Trinajstić information content (AvgIpc) is 2.37. The van der Waals surface area contributed by atoms with Crippen LogP contribution in [0.15, 0.2) is 24.3 Å². The first-order valence-corrected chi connectivity index (χ1v) is 5.95. The molecule has 1 rings (SSSR count). The fraction of sp³-hybridized carbons (Fsp3) is 0.385. The Balaban J connectivity index is 2.11. The van der Waals surface area contributed by atoms with Gasteiger partial charge in [-0.25, -0.2) is 4.39 Å². The molecule has 6 heteroatoms. The molecule has 0 saturated carbocycles. The molecule has 1 amide bonds. The number of amides is 1. The van der Waals surface area contributed by atoms with E-state index in [1.165, 1.54) is 24.3 Å². The van der Waals surface area contributed by atoms with E-state index in [0.29, 0.717) is 25.1 Å². The molecule has 104 valence electrons. The number of carboxylic acids is 1. The number of unbranched alkanes of at least 4 members (excludes halogenated alkanes) is 1. The Kier molecular flexibility index (Phi) is 6.35. The van der Waals surface area contributed by atoms with E-state index in [4.69, 9.17) is 9.84 Å². The lowest BCUT2D eigenvalue weighted by Crippen LogP contribution is -2.29. The summed E-state index contributed by atoms with van der Waals surface area (Å²) in [6.07, 6.45) is 1.23. The van der Waals surface area contributed by atoms with Crippen LogP contribution in [-0.4, -0.2) is 30.1 Å². The van der Waals surface area contributed by atoms with Gasteiger partial charge in [-0.3, -0.25) is 9.59 Å². The van der Waals surface area contributed by atoms with Gasteiger partial charge in [0.2, 0.25) is 0 Å². The number of carboxylic acid groups (broad SMARTS) is 1. The van der Waals surface area contributed by atoms with Gasteiger partial charge in [-0.1, -0.05) is 0 Å². The molecule has 0 saturated heterocycles. The molecule has 0 aliphatic carbocycles. The van der Waals surface area contributed by atoms with E-state index in [0.717, 1.165) is 0 Å². The van der Waals surface area contributed by atoms with Crippen molar-refractivity contribution in [2.75, 3.05) is 13.2 Å². The van der Waals surface area contributed by atoms with Crippen LogP contribution in [0.1, 0.15) is 19.3 Å². The van der Waals surface area contributed by atoms with E-state index >= 15 is 0 Å². The van der Waals surface area contributed by atoms with E-state index in [2.05, 4.69) is 5.32 Å². The molecule has 0 unspecified atom stereocenters. The highest BCUT2D eigenvalue weighted by molar-refractivity contribution is 5.77. The number of ether oxygens (including phenoxy) is 1. The minimum absolute atomic E-state index is 0.0992. The Labute approximate surface area is 110 Å². The number of hydrogen-bond acceptors (Lipinski definition) is 3. The topological polar surface area (TPSA) is 75.6 Å². The highest BCUT2D eigenvalue weighted by Gasteiger charge is 2.03. The molecule has 0 spiro atoms. The summed E-state index contributed by atoms with van der Waals surface area (Å²) < 4.78 is 17.8. The summed E-state index contributed by atoms with van der Waals surface area (Å²) >= 11 is 0. The summed E-state index contributed by atoms with van der Waals surface area (Å²) in [5, 5.41) is 11.0. The first-order chi connectivity index (χ1) is 9.08. The van der Waals surface area contributed by atoms with E-state index in [9.17, 15) is 14.0 Å². The number of benzene rings is 1. The summed E-state index contributed by atoms with van der Waals surface area (Å²) in [6.45, 7) is 0.267. The van der Waals surface area contributed by atoms with Crippen molar-refractivity contribution in [3.8, 4) is 5.75 Å². The molecule has 19 heavy (non-hydrogen) atoms. The van der Waals surface area contributed by atoms with Gasteiger partial charge < -0.3 is 15.2 Å². The van der Waals surface area contributed by atoms with Crippen molar-refractivity contribution in [1.29, 1.82) is 0 Å². The Morgan fingerprint density at radius 3 is 2.53 bits per heavy atom. The van der Waals surface area contributed by atoms with Gasteiger partial charge in [0.05, 0.1) is 0 Å². The van der Waals surface area contributed by atoms with Gasteiger partial charge in [0.1, 0.15) is 11.6 Å². The van der Waals surface area contributed by atoms with Crippen LogP contribution >= 0.6 is 0 Å². The van der Waals surface area contributed by atoms with Crippen LogP contribution in [0, 0.1) is 5.82 Å². The smallest absolute Gasteiger partial charge is 0.303 e. The van der Waals surface area contributed by atoms with Gasteiger partial charge in [0.25, 0.3) is 5.91 Å². The van der Waals surface area contributed by atoms with Crippen molar-refractivity contribution in [2.24, 2.45) is 0 Å². The lowest BCUT2D eigenvalue weighted by Gasteiger charge is -2.07. The number of nitrogens with one attached hydrogen (secondary N) is 1. The van der Waals surface area contributed by atoms with Crippen LogP contribution in [0.5, 0.6) is 5.75 Å². The van der Waals surface area contributed by atoms with Crippen molar-refractivity contribution < 1.29 is 23.8 Å². The number of aliphatic carboxylic acids is 1. The molecular weight excluding hydrogens is 253 g/mol. The van der Waals surface area contributed by atoms with Crippen molar-refractivity contribution in [1.82, 2.24) is 5.32 Å². The van der Waals surface area contributed by atoms with Crippen molar-refractivity contribution in [3.05, 3.63) is 30.1 Å². The molecule has 0 heterocycles. The van der Waals surface area contributed by atoms with Crippen LogP contribution in [0.25, 0.3) is 0 Å². The summed E-state index contributed by atoms with van der Waals surface area (Å²) in [5.74, 6) is -1.08. The molecule has 1 aromatic rings. The second-order valence-corrected chi connectivity index (χ2v) is 3.94. The zero-order valence-corrected chi connectivity index (χ0v) is 10.4. The van der Waals surface area contributed by atoms with E-state index < -0.39 is 5.97 Å². The third-order valence-corrected chi connectivity index (χ3v) is 2.32. The van der Waals surface area contributed by atoms with Crippen LogP contribution < -0.4 is 10.1 Å². The fourth-order valence-electron chi connectivity index (χ4n) is 1.36. The monoisotopic (exact) mass is 269 g/mol. The molecule has 0 aliphatic heterocycles. The minimum atomic E-state index is -0.842. The number of halogens is 1. The maximum absolute atomic E-state index is 12.6. The standard InChI is InChI=1S/C13H16FNO4/c14-10-4-6-11(7-5-10)19-9-12(16)15-8-2-1-3-13(17)18/h4-7H,1-3,8-9H2,(H,15,16)(H,17,18). The maximum Gasteiger partial charge on any atom is 0.303 e. The Morgan fingerprint density at radius 2 is 1.89 bits per heavy atom. The first-order valence-electron chi connectivity index (χ1n) is 5.95. The van der Waals surface area contributed by atoms with E-state index in [1.807, 2.05) is 0 Å². The Bertz CT molecular complexity index is 419. The van der Waals surface area contributed by atoms with Gasteiger partial charge in [0, 0.05) is 13.0 Å². The van der Waals surface area contributed by atoms with E-state index in [-0.39, 0.29) is 24.8 Å². The zero-order valence-electron chi connectivity index (χ0n) is 10.4. The van der Waals surface area contributed by atoms with Gasteiger partial charge >= 0.3 is 5.97 Å². The molecule has 5 nitrogen and oxygen atoms in total. The quantitative estimate of drug-likeness (QED) is 0.702. The molecule has 0 fully saturated rings. The minimum Gasteiger partial charge on any atom is -0.484 e. The third kappa shape index (κ3) is 7.03. The highest BCUT2D eigenvalue weighted by Crippen LogP contribution is 2.10. The molecule has 0 aromatic heterocycles. The Hall–Kier alpha value is -2.11. The summed E-state index contributed by atoms with van der Waals surface area (Å²) in [6, 6.07) is 5.38. The SMILES string of the molecule is O=C(O)CCCCNC(=O)COc1ccc(F)cc1. The first kappa shape index (κ1) is 14.9. The number of hydrogen-bond donors (Lipinski definition) is 2. The normalized spacial score (nSPS) is 9.95. The van der Waals surface area contributed by atoms with Crippen molar-refractivity contribution >= 4 is 11.9 Å². The summed E-state index contributed by atoms with van der Waals surface area (Å²) in [4.78, 5) is 21.6. The second kappa shape index (κ2) is 8.07. The highest BCUT2D eigenvalue weighted by atomic mass is 19.1. The van der Waals surface area contributed by atoms with Gasteiger partial charge in [-0.05, 0) is 37.1 Å². The number of carbonyl (C=O) groups excluding carboxylic acids is 1. The second-order valence-electron chi connectivity index (χ2n) is 3.94. The van der Waals surface area contributed by atoms with Gasteiger partial charge in [-0.15, -0.1) is 0 Å². The van der Waals surface area contributed by atoms with E-state index in [1.54, 1.807) is 0 Å². The van der Waals surface area contributed by atoms with Crippen LogP contribution in [0.4, 0.5) is 4.39 Å². The number of rotatable bonds is 8. The van der Waals surface area contributed by atoms with Crippen molar-refractivity contribution in [3.63, 3.8) is 0 Å². The zero-order chi connectivity index (χ0) is 14.1. The molecule has 1 aromatic carbocycles.